The molecule has 3 N–H and O–H groups in total. The monoisotopic (exact) mass is 400 g/mol. The normalized spacial score (nSPS) is 28.9. The lowest BCUT2D eigenvalue weighted by molar-refractivity contribution is -0.124. The van der Waals surface area contributed by atoms with Gasteiger partial charge in [0.2, 0.25) is 5.91 Å². The van der Waals surface area contributed by atoms with Crippen LogP contribution in [0.15, 0.2) is 24.3 Å². The summed E-state index contributed by atoms with van der Waals surface area (Å²) in [5.74, 6) is 1.33. The first-order valence-electron chi connectivity index (χ1n) is 11.6. The molecule has 2 heterocycles. The molecule has 0 aromatic heterocycles. The molecule has 1 saturated carbocycles. The van der Waals surface area contributed by atoms with E-state index in [2.05, 4.69) is 16.3 Å². The van der Waals surface area contributed by atoms with Crippen LogP contribution in [0.3, 0.4) is 0 Å². The number of phenolic OH excluding ortho intramolecular Hbond substituents is 1. The molecule has 2 unspecified atom stereocenters. The Balaban J connectivity index is 1.40. The van der Waals surface area contributed by atoms with Crippen molar-refractivity contribution in [3.05, 3.63) is 29.8 Å². The maximum Gasteiger partial charge on any atom is 0.245 e. The number of aliphatic hydroxyl groups is 1. The summed E-state index contributed by atoms with van der Waals surface area (Å²) < 4.78 is 0. The molecule has 2 bridgehead atoms. The van der Waals surface area contributed by atoms with Crippen molar-refractivity contribution < 1.29 is 15.0 Å². The van der Waals surface area contributed by atoms with Crippen LogP contribution in [0.2, 0.25) is 0 Å². The number of nitrogens with one attached hydrogen (secondary N) is 1. The molecule has 0 radical (unpaired) electrons. The van der Waals surface area contributed by atoms with E-state index in [9.17, 15) is 15.0 Å². The molecule has 2 saturated heterocycles. The van der Waals surface area contributed by atoms with Gasteiger partial charge in [-0.3, -0.25) is 9.69 Å². The van der Waals surface area contributed by atoms with Gasteiger partial charge in [0.1, 0.15) is 12.4 Å². The number of amides is 1. The molecule has 1 aromatic carbocycles. The number of benzene rings is 1. The van der Waals surface area contributed by atoms with Crippen LogP contribution in [0.5, 0.6) is 5.75 Å². The van der Waals surface area contributed by atoms with Crippen molar-refractivity contribution in [3.8, 4) is 5.75 Å². The molecule has 5 nitrogen and oxygen atoms in total. The summed E-state index contributed by atoms with van der Waals surface area (Å²) in [5.41, 5.74) is 1.26. The quantitative estimate of drug-likeness (QED) is 0.654. The zero-order chi connectivity index (χ0) is 20.2. The minimum absolute atomic E-state index is 0.137. The highest BCUT2D eigenvalue weighted by atomic mass is 16.3. The van der Waals surface area contributed by atoms with E-state index in [1.54, 1.807) is 6.07 Å². The van der Waals surface area contributed by atoms with E-state index < -0.39 is 6.61 Å². The van der Waals surface area contributed by atoms with Crippen LogP contribution >= 0.6 is 0 Å². The number of phenols is 1. The smallest absolute Gasteiger partial charge is 0.245 e. The predicted octanol–water partition coefficient (Wildman–Crippen LogP) is 3.55. The van der Waals surface area contributed by atoms with Crippen LogP contribution in [-0.4, -0.2) is 52.3 Å². The minimum atomic E-state index is -0.423. The standard InChI is InChI=1S/C24H36N2O3/c27-16-24(29)25-20(11-17-5-2-1-3-6-17)15-26-21-9-10-22(26)13-19(12-21)18-7-4-8-23(28)14-18/h4,7-8,14,17,19-22,27-28H,1-3,5-6,9-13,15-16H2,(H,25,29)/t19?,20?,21-,22+. The highest BCUT2D eigenvalue weighted by molar-refractivity contribution is 5.77. The maximum absolute atomic E-state index is 11.9. The number of aliphatic hydroxyl groups excluding tert-OH is 1. The number of fused-ring (bicyclic) bond motifs is 2. The van der Waals surface area contributed by atoms with Crippen molar-refractivity contribution >= 4 is 5.91 Å². The number of hydrogen-bond donors (Lipinski definition) is 3. The van der Waals surface area contributed by atoms with Crippen molar-refractivity contribution in [1.29, 1.82) is 0 Å². The number of carbonyl (C=O) groups excluding carboxylic acids is 1. The van der Waals surface area contributed by atoms with Crippen molar-refractivity contribution in [3.63, 3.8) is 0 Å². The summed E-state index contributed by atoms with van der Waals surface area (Å²) >= 11 is 0. The fourth-order valence-electron chi connectivity index (χ4n) is 6.16. The molecule has 1 aliphatic carbocycles. The lowest BCUT2D eigenvalue weighted by Crippen LogP contribution is -2.51. The molecule has 3 aliphatic rings. The number of piperidine rings is 1. The summed E-state index contributed by atoms with van der Waals surface area (Å²) in [4.78, 5) is 14.6. The largest absolute Gasteiger partial charge is 0.508 e. The third-order valence-electron chi connectivity index (χ3n) is 7.51. The van der Waals surface area contributed by atoms with E-state index in [4.69, 9.17) is 0 Å². The van der Waals surface area contributed by atoms with E-state index in [-0.39, 0.29) is 11.9 Å². The molecule has 0 spiro atoms. The second kappa shape index (κ2) is 9.48. The van der Waals surface area contributed by atoms with Gasteiger partial charge in [0, 0.05) is 24.7 Å². The molecule has 4 atom stereocenters. The predicted molar refractivity (Wildman–Crippen MR) is 114 cm³/mol. The molecule has 4 rings (SSSR count). The topological polar surface area (TPSA) is 72.8 Å². The number of rotatable bonds is 7. The molecular weight excluding hydrogens is 364 g/mol. The summed E-state index contributed by atoms with van der Waals surface area (Å²) in [6.07, 6.45) is 12.3. The summed E-state index contributed by atoms with van der Waals surface area (Å²) in [6, 6.07) is 9.01. The van der Waals surface area contributed by atoms with Crippen LogP contribution in [0, 0.1) is 5.92 Å². The van der Waals surface area contributed by atoms with Gasteiger partial charge < -0.3 is 15.5 Å². The number of aromatic hydroxyl groups is 1. The number of nitrogens with zero attached hydrogens (tertiary/aromatic N) is 1. The van der Waals surface area contributed by atoms with Gasteiger partial charge in [0.05, 0.1) is 0 Å². The fraction of sp³-hybridized carbons (Fsp3) is 0.708. The van der Waals surface area contributed by atoms with Gasteiger partial charge in [0.15, 0.2) is 0 Å². The molecule has 1 aromatic rings. The van der Waals surface area contributed by atoms with Crippen LogP contribution in [0.4, 0.5) is 0 Å². The van der Waals surface area contributed by atoms with Crippen molar-refractivity contribution in [1.82, 2.24) is 10.2 Å². The highest BCUT2D eigenvalue weighted by Crippen LogP contribution is 2.43. The zero-order valence-electron chi connectivity index (χ0n) is 17.4. The van der Waals surface area contributed by atoms with Crippen molar-refractivity contribution in [2.75, 3.05) is 13.2 Å². The second-order valence-electron chi connectivity index (χ2n) is 9.51. The first-order valence-corrected chi connectivity index (χ1v) is 11.6. The lowest BCUT2D eigenvalue weighted by atomic mass is 9.83. The maximum atomic E-state index is 11.9. The van der Waals surface area contributed by atoms with Gasteiger partial charge in [-0.1, -0.05) is 44.2 Å². The second-order valence-corrected chi connectivity index (χ2v) is 9.51. The molecule has 2 aliphatic heterocycles. The van der Waals surface area contributed by atoms with E-state index in [0.29, 0.717) is 29.7 Å². The van der Waals surface area contributed by atoms with Gasteiger partial charge in [-0.15, -0.1) is 0 Å². The Morgan fingerprint density at radius 2 is 1.83 bits per heavy atom. The van der Waals surface area contributed by atoms with Gasteiger partial charge in [0.25, 0.3) is 0 Å². The van der Waals surface area contributed by atoms with E-state index in [0.717, 1.165) is 25.8 Å². The van der Waals surface area contributed by atoms with Crippen molar-refractivity contribution in [2.24, 2.45) is 5.92 Å². The lowest BCUT2D eigenvalue weighted by Gasteiger charge is -2.41. The Morgan fingerprint density at radius 1 is 1.10 bits per heavy atom. The summed E-state index contributed by atoms with van der Waals surface area (Å²) in [6.45, 7) is 0.484. The average molecular weight is 401 g/mol. The molecule has 5 heteroatoms. The van der Waals surface area contributed by atoms with Crippen LogP contribution in [0.1, 0.15) is 75.7 Å². The van der Waals surface area contributed by atoms with E-state index >= 15 is 0 Å². The third kappa shape index (κ3) is 5.13. The molecule has 3 fully saturated rings. The Labute approximate surface area is 174 Å². The molecule has 160 valence electrons. The van der Waals surface area contributed by atoms with Crippen molar-refractivity contribution in [2.45, 2.75) is 88.3 Å². The Morgan fingerprint density at radius 3 is 2.48 bits per heavy atom. The molecule has 1 amide bonds. The SMILES string of the molecule is O=C(CO)NC(CC1CCCCC1)CN1[C@@H]2CC[C@H]1CC(c1cccc(O)c1)C2. The van der Waals surface area contributed by atoms with Crippen LogP contribution in [-0.2, 0) is 4.79 Å². The summed E-state index contributed by atoms with van der Waals surface area (Å²) in [7, 11) is 0. The van der Waals surface area contributed by atoms with E-state index in [1.807, 2.05) is 12.1 Å². The third-order valence-corrected chi connectivity index (χ3v) is 7.51. The van der Waals surface area contributed by atoms with Gasteiger partial charge in [-0.2, -0.15) is 0 Å². The fourth-order valence-corrected chi connectivity index (χ4v) is 6.16. The zero-order valence-corrected chi connectivity index (χ0v) is 17.4. The Kier molecular flexibility index (Phi) is 6.76. The van der Waals surface area contributed by atoms with Crippen LogP contribution < -0.4 is 5.32 Å². The Bertz CT molecular complexity index is 674. The van der Waals surface area contributed by atoms with E-state index in [1.165, 1.54) is 50.5 Å². The molecular formula is C24H36N2O3. The highest BCUT2D eigenvalue weighted by Gasteiger charge is 2.42. The first kappa shape index (κ1) is 20.7. The Hall–Kier alpha value is -1.59. The number of hydrogen-bond acceptors (Lipinski definition) is 4. The number of carbonyl (C=O) groups is 1. The average Bonchev–Trinajstić information content (AvgIpc) is 2.95. The first-order chi connectivity index (χ1) is 14.1. The van der Waals surface area contributed by atoms with Crippen LogP contribution in [0.25, 0.3) is 0 Å². The molecule has 29 heavy (non-hydrogen) atoms. The minimum Gasteiger partial charge on any atom is -0.508 e. The van der Waals surface area contributed by atoms with Gasteiger partial charge in [-0.05, 0) is 61.6 Å². The van der Waals surface area contributed by atoms with Gasteiger partial charge in [-0.25, -0.2) is 0 Å². The summed E-state index contributed by atoms with van der Waals surface area (Å²) in [5, 5.41) is 22.2. The van der Waals surface area contributed by atoms with Gasteiger partial charge >= 0.3 is 0 Å².